The predicted octanol–water partition coefficient (Wildman–Crippen LogP) is 2.11. The van der Waals surface area contributed by atoms with Crippen molar-refractivity contribution in [3.63, 3.8) is 0 Å². The number of halogens is 1. The molecule has 5 nitrogen and oxygen atoms in total. The molecule has 0 aliphatic heterocycles. The lowest BCUT2D eigenvalue weighted by Gasteiger charge is -2.13. The maximum atomic E-state index is 12.2. The van der Waals surface area contributed by atoms with Gasteiger partial charge in [-0.05, 0) is 31.5 Å². The van der Waals surface area contributed by atoms with Crippen LogP contribution in [0.3, 0.4) is 0 Å². The molecule has 1 atom stereocenters. The predicted molar refractivity (Wildman–Crippen MR) is 83.1 cm³/mol. The smallest absolute Gasteiger partial charge is 0.235 e. The topological polar surface area (TPSA) is 89.3 Å². The first kappa shape index (κ1) is 17.0. The molecule has 1 rings (SSSR count). The molecule has 0 spiro atoms. The summed E-state index contributed by atoms with van der Waals surface area (Å²) in [6.07, 6.45) is 1.74. The third kappa shape index (κ3) is 4.79. The van der Waals surface area contributed by atoms with E-state index in [1.54, 1.807) is 6.07 Å². The molecule has 3 N–H and O–H groups in total. The van der Waals surface area contributed by atoms with Gasteiger partial charge in [0.05, 0.1) is 10.6 Å². The van der Waals surface area contributed by atoms with Gasteiger partial charge >= 0.3 is 0 Å². The molecular formula is C13H19BrN2O3S. The van der Waals surface area contributed by atoms with Gasteiger partial charge in [0.1, 0.15) is 5.75 Å². The highest BCUT2D eigenvalue weighted by Crippen LogP contribution is 2.23. The molecule has 1 aromatic rings. The second kappa shape index (κ2) is 7.08. The zero-order valence-corrected chi connectivity index (χ0v) is 13.9. The Balaban J connectivity index is 2.82. The van der Waals surface area contributed by atoms with Gasteiger partial charge in [0.15, 0.2) is 9.84 Å². The van der Waals surface area contributed by atoms with Crippen LogP contribution >= 0.6 is 15.9 Å². The number of rotatable bonds is 6. The van der Waals surface area contributed by atoms with Crippen LogP contribution in [0.5, 0.6) is 0 Å². The number of nitrogen functional groups attached to an aromatic ring is 1. The summed E-state index contributed by atoms with van der Waals surface area (Å²) in [7, 11) is -3.73. The fraction of sp³-hybridized carbons (Fsp3) is 0.462. The number of amides is 1. The van der Waals surface area contributed by atoms with E-state index in [9.17, 15) is 13.2 Å². The van der Waals surface area contributed by atoms with Crippen molar-refractivity contribution in [3.05, 3.63) is 22.7 Å². The third-order valence-electron chi connectivity index (χ3n) is 2.76. The number of nitrogens with one attached hydrogen (secondary N) is 1. The van der Waals surface area contributed by atoms with E-state index in [0.29, 0.717) is 4.47 Å². The van der Waals surface area contributed by atoms with Crippen molar-refractivity contribution in [1.29, 1.82) is 0 Å². The Morgan fingerprint density at radius 3 is 2.65 bits per heavy atom. The quantitative estimate of drug-likeness (QED) is 0.758. The molecule has 0 radical (unpaired) electrons. The van der Waals surface area contributed by atoms with Gasteiger partial charge in [0, 0.05) is 10.5 Å². The van der Waals surface area contributed by atoms with E-state index in [1.165, 1.54) is 12.1 Å². The van der Waals surface area contributed by atoms with E-state index in [1.807, 2.05) is 13.8 Å². The molecule has 7 heteroatoms. The average Bonchev–Trinajstić information content (AvgIpc) is 2.26. The van der Waals surface area contributed by atoms with Crippen molar-refractivity contribution in [2.24, 2.45) is 0 Å². The number of hydrogen-bond acceptors (Lipinski definition) is 4. The van der Waals surface area contributed by atoms with Crippen LogP contribution in [0.25, 0.3) is 0 Å². The van der Waals surface area contributed by atoms with E-state index >= 15 is 0 Å². The molecule has 0 heterocycles. The molecule has 0 aliphatic carbocycles. The summed E-state index contributed by atoms with van der Waals surface area (Å²) in [4.78, 5) is 11.7. The standard InChI is InChI=1S/C13H19BrN2O3S/c1-3-4-9(2)16-13(17)8-20(18,19)12-6-5-10(14)7-11(12)15/h5-7,9H,3-4,8,15H2,1-2H3,(H,16,17). The third-order valence-corrected chi connectivity index (χ3v) is 4.93. The van der Waals surface area contributed by atoms with Crippen LogP contribution in [0, 0.1) is 0 Å². The Labute approximate surface area is 128 Å². The summed E-state index contributed by atoms with van der Waals surface area (Å²) in [5.41, 5.74) is 5.82. The maximum Gasteiger partial charge on any atom is 0.235 e. The van der Waals surface area contributed by atoms with E-state index in [2.05, 4.69) is 21.2 Å². The molecular weight excluding hydrogens is 344 g/mol. The molecule has 0 saturated carbocycles. The number of carbonyl (C=O) groups is 1. The summed E-state index contributed by atoms with van der Waals surface area (Å²) in [5, 5.41) is 2.67. The summed E-state index contributed by atoms with van der Waals surface area (Å²) >= 11 is 3.21. The van der Waals surface area contributed by atoms with Crippen molar-refractivity contribution in [2.45, 2.75) is 37.6 Å². The number of nitrogens with two attached hydrogens (primary N) is 1. The van der Waals surface area contributed by atoms with Crippen molar-refractivity contribution in [2.75, 3.05) is 11.5 Å². The Kier molecular flexibility index (Phi) is 6.01. The molecule has 1 amide bonds. The van der Waals surface area contributed by atoms with Crippen LogP contribution in [-0.4, -0.2) is 26.1 Å². The van der Waals surface area contributed by atoms with Gasteiger partial charge in [-0.25, -0.2) is 8.42 Å². The minimum absolute atomic E-state index is 0.0148. The second-order valence-corrected chi connectivity index (χ2v) is 7.57. The fourth-order valence-corrected chi connectivity index (χ4v) is 3.53. The number of anilines is 1. The first-order valence-electron chi connectivity index (χ1n) is 6.33. The van der Waals surface area contributed by atoms with Crippen LogP contribution in [0.1, 0.15) is 26.7 Å². The van der Waals surface area contributed by atoms with Crippen LogP contribution in [0.4, 0.5) is 5.69 Å². The summed E-state index contributed by atoms with van der Waals surface area (Å²) < 4.78 is 25.0. The van der Waals surface area contributed by atoms with Crippen LogP contribution in [0.15, 0.2) is 27.6 Å². The maximum absolute atomic E-state index is 12.2. The van der Waals surface area contributed by atoms with E-state index in [0.717, 1.165) is 12.8 Å². The molecule has 0 saturated heterocycles. The molecule has 1 aromatic carbocycles. The molecule has 0 aliphatic rings. The minimum atomic E-state index is -3.73. The first-order valence-corrected chi connectivity index (χ1v) is 8.78. The Morgan fingerprint density at radius 2 is 2.10 bits per heavy atom. The lowest BCUT2D eigenvalue weighted by molar-refractivity contribution is -0.119. The van der Waals surface area contributed by atoms with Gasteiger partial charge in [-0.3, -0.25) is 4.79 Å². The van der Waals surface area contributed by atoms with E-state index in [-0.39, 0.29) is 16.6 Å². The SMILES string of the molecule is CCCC(C)NC(=O)CS(=O)(=O)c1ccc(Br)cc1N. The van der Waals surface area contributed by atoms with Gasteiger partial charge in [-0.15, -0.1) is 0 Å². The fourth-order valence-electron chi connectivity index (χ4n) is 1.87. The molecule has 1 unspecified atom stereocenters. The highest BCUT2D eigenvalue weighted by atomic mass is 79.9. The molecule has 0 fully saturated rings. The zero-order valence-electron chi connectivity index (χ0n) is 11.5. The van der Waals surface area contributed by atoms with Crippen molar-refractivity contribution < 1.29 is 13.2 Å². The number of sulfone groups is 1. The Hall–Kier alpha value is -1.08. The normalized spacial score (nSPS) is 12.9. The van der Waals surface area contributed by atoms with Crippen LogP contribution in [-0.2, 0) is 14.6 Å². The average molecular weight is 363 g/mol. The van der Waals surface area contributed by atoms with Gasteiger partial charge in [0.2, 0.25) is 5.91 Å². The van der Waals surface area contributed by atoms with Crippen molar-refractivity contribution in [1.82, 2.24) is 5.32 Å². The molecule has 20 heavy (non-hydrogen) atoms. The lowest BCUT2D eigenvalue weighted by Crippen LogP contribution is -2.36. The van der Waals surface area contributed by atoms with E-state index in [4.69, 9.17) is 5.73 Å². The highest BCUT2D eigenvalue weighted by Gasteiger charge is 2.22. The molecule has 0 aromatic heterocycles. The number of carbonyl (C=O) groups excluding carboxylic acids is 1. The summed E-state index contributed by atoms with van der Waals surface area (Å²) in [5.74, 6) is -1.10. The first-order chi connectivity index (χ1) is 9.26. The highest BCUT2D eigenvalue weighted by molar-refractivity contribution is 9.10. The van der Waals surface area contributed by atoms with Crippen molar-refractivity contribution >= 4 is 37.4 Å². The van der Waals surface area contributed by atoms with E-state index < -0.39 is 21.5 Å². The van der Waals surface area contributed by atoms with Gasteiger partial charge < -0.3 is 11.1 Å². The zero-order chi connectivity index (χ0) is 15.3. The Morgan fingerprint density at radius 1 is 1.45 bits per heavy atom. The summed E-state index contributed by atoms with van der Waals surface area (Å²) in [6.45, 7) is 3.85. The monoisotopic (exact) mass is 362 g/mol. The van der Waals surface area contributed by atoms with Gasteiger partial charge in [-0.2, -0.15) is 0 Å². The Bertz CT molecular complexity index is 587. The molecule has 112 valence electrons. The van der Waals surface area contributed by atoms with Gasteiger partial charge in [-0.1, -0.05) is 29.3 Å². The van der Waals surface area contributed by atoms with Crippen LogP contribution in [0.2, 0.25) is 0 Å². The largest absolute Gasteiger partial charge is 0.398 e. The second-order valence-electron chi connectivity index (χ2n) is 4.70. The lowest BCUT2D eigenvalue weighted by atomic mass is 10.2. The van der Waals surface area contributed by atoms with Crippen LogP contribution < -0.4 is 11.1 Å². The minimum Gasteiger partial charge on any atom is -0.398 e. The molecule has 0 bridgehead atoms. The summed E-state index contributed by atoms with van der Waals surface area (Å²) in [6, 6.07) is 4.45. The van der Waals surface area contributed by atoms with Crippen molar-refractivity contribution in [3.8, 4) is 0 Å². The van der Waals surface area contributed by atoms with Gasteiger partial charge in [0.25, 0.3) is 0 Å². The number of hydrogen-bond donors (Lipinski definition) is 2. The number of benzene rings is 1.